The van der Waals surface area contributed by atoms with Crippen LogP contribution in [0.2, 0.25) is 0 Å². The van der Waals surface area contributed by atoms with Gasteiger partial charge in [0.1, 0.15) is 5.82 Å². The quantitative estimate of drug-likeness (QED) is 0.818. The van der Waals surface area contributed by atoms with Crippen LogP contribution in [-0.4, -0.2) is 16.7 Å². The van der Waals surface area contributed by atoms with Crippen LogP contribution in [0.1, 0.15) is 18.9 Å². The van der Waals surface area contributed by atoms with E-state index in [0.717, 1.165) is 29.3 Å². The molecule has 0 saturated heterocycles. The molecule has 0 amide bonds. The molecule has 0 fully saturated rings. The molecule has 3 heteroatoms. The van der Waals surface area contributed by atoms with Gasteiger partial charge >= 0.3 is 0 Å². The second kappa shape index (κ2) is 4.66. The molecule has 0 spiro atoms. The lowest BCUT2D eigenvalue weighted by atomic mass is 10.0. The molecule has 0 bridgehead atoms. The molecule has 0 aliphatic carbocycles. The number of halogens is 1. The third-order valence-corrected chi connectivity index (χ3v) is 2.95. The van der Waals surface area contributed by atoms with Crippen LogP contribution in [0.5, 0.6) is 0 Å². The lowest BCUT2D eigenvalue weighted by Gasteiger charge is -2.06. The number of aliphatic hydroxyl groups excluding tert-OH is 1. The van der Waals surface area contributed by atoms with Crippen LogP contribution >= 0.6 is 0 Å². The topological polar surface area (TPSA) is 36.0 Å². The fourth-order valence-electron chi connectivity index (χ4n) is 1.85. The highest BCUT2D eigenvalue weighted by molar-refractivity contribution is 5.83. The maximum atomic E-state index is 13.1. The Hall–Kier alpha value is -1.35. The summed E-state index contributed by atoms with van der Waals surface area (Å²) in [6.45, 7) is 2.21. The predicted molar refractivity (Wildman–Crippen MR) is 62.8 cm³/mol. The Balaban J connectivity index is 2.21. The number of aliphatic hydroxyl groups is 1. The molecule has 0 aliphatic rings. The summed E-state index contributed by atoms with van der Waals surface area (Å²) >= 11 is 0. The molecule has 0 saturated carbocycles. The highest BCUT2D eigenvalue weighted by atomic mass is 19.1. The standard InChI is InChI=1S/C13H16FNO/c1-9(8-16)2-3-10-7-15-13-5-4-11(14)6-12(10)13/h4-7,9,15-16H,2-3,8H2,1H3/t9-/m1/s1. The molecule has 1 aromatic heterocycles. The normalized spacial score (nSPS) is 13.2. The molecule has 1 aromatic carbocycles. The fourth-order valence-corrected chi connectivity index (χ4v) is 1.85. The Morgan fingerprint density at radius 1 is 1.44 bits per heavy atom. The maximum absolute atomic E-state index is 13.1. The number of hydrogen-bond donors (Lipinski definition) is 2. The highest BCUT2D eigenvalue weighted by Gasteiger charge is 2.06. The van der Waals surface area contributed by atoms with Crippen LogP contribution < -0.4 is 0 Å². The first-order chi connectivity index (χ1) is 7.70. The number of H-pyrrole nitrogens is 1. The van der Waals surface area contributed by atoms with Crippen molar-refractivity contribution in [1.29, 1.82) is 0 Å². The fraction of sp³-hybridized carbons (Fsp3) is 0.385. The van der Waals surface area contributed by atoms with Crippen LogP contribution in [-0.2, 0) is 6.42 Å². The summed E-state index contributed by atoms with van der Waals surface area (Å²) in [6.07, 6.45) is 3.71. The van der Waals surface area contributed by atoms with E-state index in [9.17, 15) is 4.39 Å². The summed E-state index contributed by atoms with van der Waals surface area (Å²) in [5, 5.41) is 9.90. The van der Waals surface area contributed by atoms with Gasteiger partial charge in [-0.2, -0.15) is 0 Å². The highest BCUT2D eigenvalue weighted by Crippen LogP contribution is 2.21. The van der Waals surface area contributed by atoms with E-state index in [4.69, 9.17) is 5.11 Å². The van der Waals surface area contributed by atoms with Crippen LogP contribution in [0.25, 0.3) is 10.9 Å². The van der Waals surface area contributed by atoms with Gasteiger partial charge in [0.2, 0.25) is 0 Å². The average Bonchev–Trinajstić information content (AvgIpc) is 2.68. The van der Waals surface area contributed by atoms with E-state index in [1.54, 1.807) is 12.1 Å². The Labute approximate surface area is 94.1 Å². The van der Waals surface area contributed by atoms with Gasteiger partial charge < -0.3 is 10.1 Å². The van der Waals surface area contributed by atoms with Crippen LogP contribution in [0.4, 0.5) is 4.39 Å². The molecule has 86 valence electrons. The van der Waals surface area contributed by atoms with Gasteiger partial charge in [0.05, 0.1) is 0 Å². The molecular weight excluding hydrogens is 205 g/mol. The summed E-state index contributed by atoms with van der Waals surface area (Å²) in [6, 6.07) is 4.77. The van der Waals surface area contributed by atoms with E-state index in [0.29, 0.717) is 5.92 Å². The molecule has 0 unspecified atom stereocenters. The molecule has 1 atom stereocenters. The Kier molecular flexibility index (Phi) is 3.25. The number of nitrogens with one attached hydrogen (secondary N) is 1. The number of benzene rings is 1. The minimum absolute atomic E-state index is 0.205. The van der Waals surface area contributed by atoms with Gasteiger partial charge in [-0.15, -0.1) is 0 Å². The van der Waals surface area contributed by atoms with E-state index in [-0.39, 0.29) is 12.4 Å². The molecule has 2 N–H and O–H groups in total. The summed E-state index contributed by atoms with van der Waals surface area (Å²) in [5.74, 6) is 0.0852. The molecule has 2 aromatic rings. The lowest BCUT2D eigenvalue weighted by Crippen LogP contribution is -2.01. The van der Waals surface area contributed by atoms with Crippen LogP contribution in [0.3, 0.4) is 0 Å². The smallest absolute Gasteiger partial charge is 0.123 e. The summed E-state index contributed by atoms with van der Waals surface area (Å²) < 4.78 is 13.1. The van der Waals surface area contributed by atoms with E-state index >= 15 is 0 Å². The van der Waals surface area contributed by atoms with Gasteiger partial charge in [-0.25, -0.2) is 4.39 Å². The first-order valence-corrected chi connectivity index (χ1v) is 5.57. The van der Waals surface area contributed by atoms with Crippen molar-refractivity contribution < 1.29 is 9.50 Å². The van der Waals surface area contributed by atoms with E-state index < -0.39 is 0 Å². The average molecular weight is 221 g/mol. The van der Waals surface area contributed by atoms with E-state index in [1.165, 1.54) is 6.07 Å². The largest absolute Gasteiger partial charge is 0.396 e. The number of fused-ring (bicyclic) bond motifs is 1. The molecule has 2 rings (SSSR count). The summed E-state index contributed by atoms with van der Waals surface area (Å²) in [5.41, 5.74) is 2.09. The molecule has 1 heterocycles. The van der Waals surface area contributed by atoms with Crippen molar-refractivity contribution in [3.05, 3.63) is 35.8 Å². The molecule has 2 nitrogen and oxygen atoms in total. The maximum Gasteiger partial charge on any atom is 0.123 e. The Bertz CT molecular complexity index is 478. The predicted octanol–water partition coefficient (Wildman–Crippen LogP) is 2.87. The van der Waals surface area contributed by atoms with Crippen molar-refractivity contribution in [3.8, 4) is 0 Å². The first kappa shape index (κ1) is 11.1. The minimum atomic E-state index is -0.205. The minimum Gasteiger partial charge on any atom is -0.396 e. The van der Waals surface area contributed by atoms with Crippen molar-refractivity contribution in [2.24, 2.45) is 5.92 Å². The molecule has 0 radical (unpaired) electrons. The van der Waals surface area contributed by atoms with Crippen LogP contribution in [0.15, 0.2) is 24.4 Å². The zero-order chi connectivity index (χ0) is 11.5. The van der Waals surface area contributed by atoms with Crippen molar-refractivity contribution in [1.82, 2.24) is 4.98 Å². The zero-order valence-corrected chi connectivity index (χ0v) is 9.33. The molecular formula is C13H16FNO. The van der Waals surface area contributed by atoms with Crippen molar-refractivity contribution in [2.45, 2.75) is 19.8 Å². The van der Waals surface area contributed by atoms with Gasteiger partial charge in [0, 0.05) is 23.7 Å². The van der Waals surface area contributed by atoms with Crippen molar-refractivity contribution in [2.75, 3.05) is 6.61 Å². The lowest BCUT2D eigenvalue weighted by molar-refractivity contribution is 0.230. The van der Waals surface area contributed by atoms with E-state index in [1.807, 2.05) is 13.1 Å². The molecule has 16 heavy (non-hydrogen) atoms. The Morgan fingerprint density at radius 3 is 3.00 bits per heavy atom. The Morgan fingerprint density at radius 2 is 2.25 bits per heavy atom. The second-order valence-electron chi connectivity index (χ2n) is 4.33. The monoisotopic (exact) mass is 221 g/mol. The number of aromatic nitrogens is 1. The summed E-state index contributed by atoms with van der Waals surface area (Å²) in [7, 11) is 0. The first-order valence-electron chi connectivity index (χ1n) is 5.57. The molecule has 0 aliphatic heterocycles. The third-order valence-electron chi connectivity index (χ3n) is 2.95. The van der Waals surface area contributed by atoms with Gasteiger partial charge in [-0.1, -0.05) is 6.92 Å². The number of rotatable bonds is 4. The van der Waals surface area contributed by atoms with Gasteiger partial charge in [0.25, 0.3) is 0 Å². The SMILES string of the molecule is C[C@@H](CO)CCc1c[nH]c2ccc(F)cc12. The number of aryl methyl sites for hydroxylation is 1. The van der Waals surface area contributed by atoms with Crippen molar-refractivity contribution >= 4 is 10.9 Å². The number of hydrogen-bond acceptors (Lipinski definition) is 1. The summed E-state index contributed by atoms with van der Waals surface area (Å²) in [4.78, 5) is 3.13. The van der Waals surface area contributed by atoms with Gasteiger partial charge in [-0.3, -0.25) is 0 Å². The number of aromatic amines is 1. The zero-order valence-electron chi connectivity index (χ0n) is 9.33. The van der Waals surface area contributed by atoms with Gasteiger partial charge in [-0.05, 0) is 42.5 Å². The third kappa shape index (κ3) is 2.25. The van der Waals surface area contributed by atoms with E-state index in [2.05, 4.69) is 4.98 Å². The van der Waals surface area contributed by atoms with Crippen LogP contribution in [0, 0.1) is 11.7 Å². The second-order valence-corrected chi connectivity index (χ2v) is 4.33. The van der Waals surface area contributed by atoms with Crippen molar-refractivity contribution in [3.63, 3.8) is 0 Å². The van der Waals surface area contributed by atoms with Gasteiger partial charge in [0.15, 0.2) is 0 Å².